The Labute approximate surface area is 123 Å². The third-order valence-electron chi connectivity index (χ3n) is 2.61. The van der Waals surface area contributed by atoms with E-state index in [0.29, 0.717) is 25.0 Å². The molecular weight excluding hydrogens is 272 g/mol. The van der Waals surface area contributed by atoms with E-state index in [4.69, 9.17) is 17.0 Å². The molecule has 2 aromatic rings. The Kier molecular flexibility index (Phi) is 5.52. The van der Waals surface area contributed by atoms with Gasteiger partial charge in [0.25, 0.3) is 0 Å². The first kappa shape index (κ1) is 14.5. The van der Waals surface area contributed by atoms with Crippen molar-refractivity contribution in [3.05, 3.63) is 48.3 Å². The predicted molar refractivity (Wildman–Crippen MR) is 83.4 cm³/mol. The van der Waals surface area contributed by atoms with Crippen LogP contribution in [0.5, 0.6) is 0 Å². The molecule has 6 heteroatoms. The number of nitrogens with zero attached hydrogens (tertiary/aromatic N) is 2. The lowest BCUT2D eigenvalue weighted by Crippen LogP contribution is -2.27. The zero-order chi connectivity index (χ0) is 14.2. The van der Waals surface area contributed by atoms with E-state index in [1.165, 1.54) is 5.56 Å². The van der Waals surface area contributed by atoms with Gasteiger partial charge < -0.3 is 15.4 Å². The molecule has 1 aromatic carbocycles. The van der Waals surface area contributed by atoms with E-state index in [9.17, 15) is 0 Å². The molecule has 1 aromatic heterocycles. The first-order valence-corrected chi connectivity index (χ1v) is 6.87. The number of anilines is 1. The maximum atomic E-state index is 5.27. The van der Waals surface area contributed by atoms with Crippen LogP contribution >= 0.6 is 12.2 Å². The molecule has 2 rings (SSSR count). The van der Waals surface area contributed by atoms with E-state index in [0.717, 1.165) is 5.69 Å². The summed E-state index contributed by atoms with van der Waals surface area (Å²) in [5.74, 6) is 0. The van der Waals surface area contributed by atoms with Crippen molar-refractivity contribution in [2.75, 3.05) is 11.9 Å². The quantitative estimate of drug-likeness (QED) is 0.800. The topological polar surface area (TPSA) is 51.1 Å². The second-order valence-electron chi connectivity index (χ2n) is 4.18. The van der Waals surface area contributed by atoms with E-state index < -0.39 is 0 Å². The van der Waals surface area contributed by atoms with Gasteiger partial charge in [0.2, 0.25) is 0 Å². The number of hydrogen-bond acceptors (Lipinski definition) is 3. The molecule has 0 saturated heterocycles. The zero-order valence-corrected chi connectivity index (χ0v) is 12.2. The standard InChI is InChI=1S/C14H18N4OS/c1-2-19-11-18-10-13(9-16-18)17-14(20)15-8-12-6-4-3-5-7-12/h3-7,9-10H,2,8,11H2,1H3,(H2,15,17,20). The number of benzene rings is 1. The summed E-state index contributed by atoms with van der Waals surface area (Å²) in [4.78, 5) is 0. The Morgan fingerprint density at radius 2 is 2.15 bits per heavy atom. The molecule has 1 heterocycles. The number of nitrogens with one attached hydrogen (secondary N) is 2. The van der Waals surface area contributed by atoms with Crippen molar-refractivity contribution in [1.29, 1.82) is 0 Å². The Balaban J connectivity index is 1.78. The monoisotopic (exact) mass is 290 g/mol. The minimum Gasteiger partial charge on any atom is -0.360 e. The molecule has 5 nitrogen and oxygen atoms in total. The third kappa shape index (κ3) is 4.64. The lowest BCUT2D eigenvalue weighted by Gasteiger charge is -2.08. The number of hydrogen-bond donors (Lipinski definition) is 2. The highest BCUT2D eigenvalue weighted by molar-refractivity contribution is 7.80. The van der Waals surface area contributed by atoms with Gasteiger partial charge in [-0.05, 0) is 24.7 Å². The van der Waals surface area contributed by atoms with Gasteiger partial charge in [-0.3, -0.25) is 0 Å². The second-order valence-corrected chi connectivity index (χ2v) is 4.59. The van der Waals surface area contributed by atoms with Crippen molar-refractivity contribution >= 4 is 23.0 Å². The summed E-state index contributed by atoms with van der Waals surface area (Å²) in [5.41, 5.74) is 2.03. The van der Waals surface area contributed by atoms with Gasteiger partial charge in [0.05, 0.1) is 18.1 Å². The lowest BCUT2D eigenvalue weighted by molar-refractivity contribution is 0.0792. The second kappa shape index (κ2) is 7.62. The van der Waals surface area contributed by atoms with Crippen LogP contribution in [0.4, 0.5) is 5.69 Å². The van der Waals surface area contributed by atoms with Crippen LogP contribution in [0.1, 0.15) is 12.5 Å². The van der Waals surface area contributed by atoms with Crippen LogP contribution in [0, 0.1) is 0 Å². The van der Waals surface area contributed by atoms with E-state index in [1.54, 1.807) is 10.9 Å². The molecule has 0 radical (unpaired) electrons. The number of thiocarbonyl (C=S) groups is 1. The largest absolute Gasteiger partial charge is 0.360 e. The maximum absolute atomic E-state index is 5.27. The normalized spacial score (nSPS) is 10.2. The summed E-state index contributed by atoms with van der Waals surface area (Å²) in [6.45, 7) is 3.76. The number of ether oxygens (including phenoxy) is 1. The smallest absolute Gasteiger partial charge is 0.171 e. The van der Waals surface area contributed by atoms with Gasteiger partial charge in [0, 0.05) is 13.2 Å². The molecule has 0 bridgehead atoms. The Morgan fingerprint density at radius 3 is 2.90 bits per heavy atom. The highest BCUT2D eigenvalue weighted by Crippen LogP contribution is 2.05. The molecule has 0 atom stereocenters. The summed E-state index contributed by atoms with van der Waals surface area (Å²) in [6, 6.07) is 10.1. The molecule has 0 spiro atoms. The fraction of sp³-hybridized carbons (Fsp3) is 0.286. The summed E-state index contributed by atoms with van der Waals surface area (Å²) >= 11 is 5.24. The summed E-state index contributed by atoms with van der Waals surface area (Å²) in [6.07, 6.45) is 3.57. The van der Waals surface area contributed by atoms with Gasteiger partial charge in [-0.2, -0.15) is 5.10 Å². The fourth-order valence-corrected chi connectivity index (χ4v) is 1.83. The predicted octanol–water partition coefficient (Wildman–Crippen LogP) is 2.36. The van der Waals surface area contributed by atoms with Crippen LogP contribution in [0.3, 0.4) is 0 Å². The van der Waals surface area contributed by atoms with Crippen molar-refractivity contribution in [3.63, 3.8) is 0 Å². The molecule has 106 valence electrons. The molecule has 0 aliphatic rings. The Morgan fingerprint density at radius 1 is 1.35 bits per heavy atom. The Bertz CT molecular complexity index is 541. The highest BCUT2D eigenvalue weighted by atomic mass is 32.1. The van der Waals surface area contributed by atoms with Gasteiger partial charge in [-0.25, -0.2) is 4.68 Å². The van der Waals surface area contributed by atoms with Gasteiger partial charge in [-0.15, -0.1) is 0 Å². The molecule has 0 aliphatic carbocycles. The summed E-state index contributed by atoms with van der Waals surface area (Å²) in [5, 5.41) is 11.0. The van der Waals surface area contributed by atoms with Crippen molar-refractivity contribution in [2.45, 2.75) is 20.2 Å². The first-order valence-electron chi connectivity index (χ1n) is 6.47. The highest BCUT2D eigenvalue weighted by Gasteiger charge is 2.01. The molecule has 0 unspecified atom stereocenters. The minimum atomic E-state index is 0.447. The minimum absolute atomic E-state index is 0.447. The van der Waals surface area contributed by atoms with Crippen LogP contribution in [0.15, 0.2) is 42.7 Å². The summed E-state index contributed by atoms with van der Waals surface area (Å²) < 4.78 is 6.98. The van der Waals surface area contributed by atoms with E-state index in [-0.39, 0.29) is 0 Å². The summed E-state index contributed by atoms with van der Waals surface area (Å²) in [7, 11) is 0. The van der Waals surface area contributed by atoms with Crippen molar-refractivity contribution in [2.24, 2.45) is 0 Å². The zero-order valence-electron chi connectivity index (χ0n) is 11.4. The maximum Gasteiger partial charge on any atom is 0.171 e. The average Bonchev–Trinajstić information content (AvgIpc) is 2.91. The van der Waals surface area contributed by atoms with Crippen LogP contribution in [-0.4, -0.2) is 21.5 Å². The van der Waals surface area contributed by atoms with Crippen LogP contribution in [0.25, 0.3) is 0 Å². The molecule has 20 heavy (non-hydrogen) atoms. The lowest BCUT2D eigenvalue weighted by atomic mass is 10.2. The SMILES string of the molecule is CCOCn1cc(NC(=S)NCc2ccccc2)cn1. The third-order valence-corrected chi connectivity index (χ3v) is 2.86. The molecular formula is C14H18N4OS. The number of aromatic nitrogens is 2. The van der Waals surface area contributed by atoms with E-state index in [1.807, 2.05) is 31.3 Å². The Hall–Kier alpha value is -1.92. The first-order chi connectivity index (χ1) is 9.78. The molecule has 0 fully saturated rings. The molecule has 0 aliphatic heterocycles. The van der Waals surface area contributed by atoms with Gasteiger partial charge in [-0.1, -0.05) is 30.3 Å². The van der Waals surface area contributed by atoms with Crippen LogP contribution in [0.2, 0.25) is 0 Å². The van der Waals surface area contributed by atoms with E-state index >= 15 is 0 Å². The van der Waals surface area contributed by atoms with Crippen molar-refractivity contribution in [1.82, 2.24) is 15.1 Å². The molecule has 0 saturated carbocycles. The van der Waals surface area contributed by atoms with Gasteiger partial charge in [0.15, 0.2) is 5.11 Å². The van der Waals surface area contributed by atoms with Crippen LogP contribution < -0.4 is 10.6 Å². The van der Waals surface area contributed by atoms with Gasteiger partial charge in [0.1, 0.15) is 6.73 Å². The van der Waals surface area contributed by atoms with Crippen LogP contribution in [-0.2, 0) is 18.0 Å². The fourth-order valence-electron chi connectivity index (χ4n) is 1.64. The van der Waals surface area contributed by atoms with Crippen molar-refractivity contribution in [3.8, 4) is 0 Å². The molecule has 2 N–H and O–H groups in total. The molecule has 0 amide bonds. The number of rotatable bonds is 6. The van der Waals surface area contributed by atoms with Gasteiger partial charge >= 0.3 is 0 Å². The van der Waals surface area contributed by atoms with E-state index in [2.05, 4.69) is 27.9 Å². The average molecular weight is 290 g/mol. The van der Waals surface area contributed by atoms with Crippen molar-refractivity contribution < 1.29 is 4.74 Å².